The minimum absolute atomic E-state index is 0.124. The molecular formula is C11H14F3NO2. The zero-order valence-corrected chi connectivity index (χ0v) is 9.76. The topological polar surface area (TPSA) is 30.5 Å². The van der Waals surface area contributed by atoms with Gasteiger partial charge in [-0.3, -0.25) is 0 Å². The quantitative estimate of drug-likeness (QED) is 0.886. The van der Waals surface area contributed by atoms with Gasteiger partial charge in [-0.2, -0.15) is 0 Å². The van der Waals surface area contributed by atoms with Crippen molar-refractivity contribution < 1.29 is 22.6 Å². The Hall–Kier alpha value is -1.59. The molecule has 1 N–H and O–H groups in total. The van der Waals surface area contributed by atoms with Crippen LogP contribution in [0.1, 0.15) is 13.8 Å². The average molecular weight is 249 g/mol. The second kappa shape index (κ2) is 5.16. The SMILES string of the molecule is CNc1cc(OC(C)C)cc(OC(F)(F)F)c1. The molecule has 17 heavy (non-hydrogen) atoms. The van der Waals surface area contributed by atoms with Gasteiger partial charge in [-0.25, -0.2) is 0 Å². The molecule has 0 heterocycles. The molecule has 3 nitrogen and oxygen atoms in total. The molecule has 0 fully saturated rings. The zero-order valence-electron chi connectivity index (χ0n) is 9.76. The fraction of sp³-hybridized carbons (Fsp3) is 0.455. The molecule has 0 aliphatic carbocycles. The van der Waals surface area contributed by atoms with E-state index in [1.807, 2.05) is 0 Å². The van der Waals surface area contributed by atoms with E-state index in [0.717, 1.165) is 0 Å². The monoisotopic (exact) mass is 249 g/mol. The maximum Gasteiger partial charge on any atom is 0.573 e. The van der Waals surface area contributed by atoms with Crippen molar-refractivity contribution in [3.05, 3.63) is 18.2 Å². The number of halogens is 3. The van der Waals surface area contributed by atoms with Gasteiger partial charge in [-0.15, -0.1) is 13.2 Å². The highest BCUT2D eigenvalue weighted by Gasteiger charge is 2.31. The lowest BCUT2D eigenvalue weighted by atomic mass is 10.2. The first-order valence-electron chi connectivity index (χ1n) is 5.05. The minimum Gasteiger partial charge on any atom is -0.491 e. The maximum atomic E-state index is 12.1. The Morgan fingerprint density at radius 1 is 1.12 bits per heavy atom. The van der Waals surface area contributed by atoms with Crippen LogP contribution < -0.4 is 14.8 Å². The van der Waals surface area contributed by atoms with Gasteiger partial charge >= 0.3 is 6.36 Å². The van der Waals surface area contributed by atoms with Crippen LogP contribution in [-0.4, -0.2) is 19.5 Å². The summed E-state index contributed by atoms with van der Waals surface area (Å²) in [6.07, 6.45) is -4.83. The predicted molar refractivity (Wildman–Crippen MR) is 58.4 cm³/mol. The summed E-state index contributed by atoms with van der Waals surface area (Å²) in [5, 5.41) is 2.74. The molecule has 6 heteroatoms. The van der Waals surface area contributed by atoms with Crippen molar-refractivity contribution in [2.75, 3.05) is 12.4 Å². The molecule has 0 aromatic heterocycles. The van der Waals surface area contributed by atoms with Gasteiger partial charge in [0.25, 0.3) is 0 Å². The van der Waals surface area contributed by atoms with Crippen molar-refractivity contribution in [1.82, 2.24) is 0 Å². The van der Waals surface area contributed by atoms with E-state index in [1.54, 1.807) is 27.0 Å². The van der Waals surface area contributed by atoms with Crippen LogP contribution in [0.25, 0.3) is 0 Å². The second-order valence-corrected chi connectivity index (χ2v) is 3.66. The lowest BCUT2D eigenvalue weighted by molar-refractivity contribution is -0.274. The third-order valence-electron chi connectivity index (χ3n) is 1.77. The van der Waals surface area contributed by atoms with Crippen LogP contribution in [0.2, 0.25) is 0 Å². The second-order valence-electron chi connectivity index (χ2n) is 3.66. The molecule has 0 aliphatic heterocycles. The van der Waals surface area contributed by atoms with Gasteiger partial charge < -0.3 is 14.8 Å². The number of rotatable bonds is 4. The molecule has 96 valence electrons. The number of ether oxygens (including phenoxy) is 2. The van der Waals surface area contributed by atoms with Gasteiger partial charge in [0, 0.05) is 30.9 Å². The molecule has 1 aromatic carbocycles. The van der Waals surface area contributed by atoms with Gasteiger partial charge in [0.05, 0.1) is 6.10 Å². The van der Waals surface area contributed by atoms with Crippen LogP contribution in [-0.2, 0) is 0 Å². The molecule has 0 amide bonds. The van der Waals surface area contributed by atoms with Crippen molar-refractivity contribution in [3.8, 4) is 11.5 Å². The van der Waals surface area contributed by atoms with E-state index < -0.39 is 6.36 Å². The number of alkyl halides is 3. The lowest BCUT2D eigenvalue weighted by Crippen LogP contribution is -2.17. The van der Waals surface area contributed by atoms with Crippen molar-refractivity contribution in [1.29, 1.82) is 0 Å². The first kappa shape index (κ1) is 13.5. The molecule has 0 spiro atoms. The molecule has 0 saturated heterocycles. The molecule has 1 aromatic rings. The number of benzene rings is 1. The Kier molecular flexibility index (Phi) is 4.09. The first-order chi connectivity index (χ1) is 7.80. The van der Waals surface area contributed by atoms with Crippen LogP contribution in [0.15, 0.2) is 18.2 Å². The van der Waals surface area contributed by atoms with Gasteiger partial charge in [0.15, 0.2) is 0 Å². The van der Waals surface area contributed by atoms with Crippen LogP contribution in [0.5, 0.6) is 11.5 Å². The minimum atomic E-state index is -4.71. The summed E-state index contributed by atoms with van der Waals surface area (Å²) >= 11 is 0. The molecule has 0 bridgehead atoms. The molecule has 1 rings (SSSR count). The van der Waals surface area contributed by atoms with E-state index >= 15 is 0 Å². The summed E-state index contributed by atoms with van der Waals surface area (Å²) < 4.78 is 45.4. The summed E-state index contributed by atoms with van der Waals surface area (Å²) in [5.74, 6) is 0.0195. The van der Waals surface area contributed by atoms with E-state index in [2.05, 4.69) is 10.1 Å². The molecule has 0 saturated carbocycles. The number of hydrogen-bond acceptors (Lipinski definition) is 3. The third-order valence-corrected chi connectivity index (χ3v) is 1.77. The highest BCUT2D eigenvalue weighted by molar-refractivity contribution is 5.53. The fourth-order valence-corrected chi connectivity index (χ4v) is 1.25. The molecule has 0 atom stereocenters. The smallest absolute Gasteiger partial charge is 0.491 e. The Labute approximate surface area is 97.5 Å². The highest BCUT2D eigenvalue weighted by Crippen LogP contribution is 2.30. The number of anilines is 1. The van der Waals surface area contributed by atoms with Crippen molar-refractivity contribution >= 4 is 5.69 Å². The Morgan fingerprint density at radius 3 is 2.18 bits per heavy atom. The summed E-state index contributed by atoms with van der Waals surface area (Å²) in [6.45, 7) is 3.58. The van der Waals surface area contributed by atoms with Gasteiger partial charge in [0.1, 0.15) is 11.5 Å². The summed E-state index contributed by atoms with van der Waals surface area (Å²) in [5.41, 5.74) is 0.488. The van der Waals surface area contributed by atoms with E-state index in [9.17, 15) is 13.2 Å². The standard InChI is InChI=1S/C11H14F3NO2/c1-7(2)16-9-4-8(15-3)5-10(6-9)17-11(12,13)14/h4-7,15H,1-3H3. The number of nitrogens with one attached hydrogen (secondary N) is 1. The van der Waals surface area contributed by atoms with E-state index in [-0.39, 0.29) is 11.9 Å². The van der Waals surface area contributed by atoms with E-state index in [0.29, 0.717) is 11.4 Å². The van der Waals surface area contributed by atoms with Gasteiger partial charge in [-0.05, 0) is 13.8 Å². The summed E-state index contributed by atoms with van der Waals surface area (Å²) in [6, 6.07) is 4.05. The molecule has 0 radical (unpaired) electrons. The Balaban J connectivity index is 2.97. The maximum absolute atomic E-state index is 12.1. The average Bonchev–Trinajstić information content (AvgIpc) is 2.13. The number of hydrogen-bond donors (Lipinski definition) is 1. The van der Waals surface area contributed by atoms with Crippen LogP contribution in [0.4, 0.5) is 18.9 Å². The van der Waals surface area contributed by atoms with E-state index in [4.69, 9.17) is 4.74 Å². The third kappa shape index (κ3) is 4.84. The molecular weight excluding hydrogens is 235 g/mol. The first-order valence-corrected chi connectivity index (χ1v) is 5.05. The normalized spacial score (nSPS) is 11.5. The van der Waals surface area contributed by atoms with Crippen LogP contribution in [0.3, 0.4) is 0 Å². The largest absolute Gasteiger partial charge is 0.573 e. The van der Waals surface area contributed by atoms with Crippen molar-refractivity contribution in [3.63, 3.8) is 0 Å². The Bertz CT molecular complexity index is 377. The van der Waals surface area contributed by atoms with Crippen molar-refractivity contribution in [2.24, 2.45) is 0 Å². The Morgan fingerprint density at radius 2 is 1.71 bits per heavy atom. The van der Waals surface area contributed by atoms with Crippen LogP contribution in [0, 0.1) is 0 Å². The van der Waals surface area contributed by atoms with Crippen molar-refractivity contribution in [2.45, 2.75) is 26.3 Å². The highest BCUT2D eigenvalue weighted by atomic mass is 19.4. The predicted octanol–water partition coefficient (Wildman–Crippen LogP) is 3.41. The van der Waals surface area contributed by atoms with E-state index in [1.165, 1.54) is 12.1 Å². The van der Waals surface area contributed by atoms with Crippen LogP contribution >= 0.6 is 0 Å². The zero-order chi connectivity index (χ0) is 13.1. The van der Waals surface area contributed by atoms with Gasteiger partial charge in [0.2, 0.25) is 0 Å². The molecule has 0 unspecified atom stereocenters. The summed E-state index contributed by atoms with van der Waals surface area (Å²) in [4.78, 5) is 0. The molecule has 0 aliphatic rings. The lowest BCUT2D eigenvalue weighted by Gasteiger charge is -2.14. The fourth-order valence-electron chi connectivity index (χ4n) is 1.25. The van der Waals surface area contributed by atoms with Gasteiger partial charge in [-0.1, -0.05) is 0 Å². The summed E-state index contributed by atoms with van der Waals surface area (Å²) in [7, 11) is 1.60.